The first-order chi connectivity index (χ1) is 9.70. The number of ketones is 1. The molecule has 2 aromatic rings. The highest BCUT2D eigenvalue weighted by Gasteiger charge is 2.20. The van der Waals surface area contributed by atoms with E-state index >= 15 is 0 Å². The molecule has 21 heavy (non-hydrogen) atoms. The van der Waals surface area contributed by atoms with Crippen molar-refractivity contribution in [2.24, 2.45) is 0 Å². The molecule has 0 heterocycles. The summed E-state index contributed by atoms with van der Waals surface area (Å²) in [5.41, 5.74) is 1.52. The Bertz CT molecular complexity index is 700. The van der Waals surface area contributed by atoms with Crippen molar-refractivity contribution in [2.75, 3.05) is 0 Å². The zero-order valence-corrected chi connectivity index (χ0v) is 13.6. The van der Waals surface area contributed by atoms with Gasteiger partial charge in [-0.25, -0.2) is 0 Å². The van der Waals surface area contributed by atoms with E-state index in [2.05, 4.69) is 0 Å². The van der Waals surface area contributed by atoms with E-state index in [0.29, 0.717) is 15.6 Å². The summed E-state index contributed by atoms with van der Waals surface area (Å²) in [4.78, 5) is 12.5. The van der Waals surface area contributed by atoms with Crippen LogP contribution in [0.5, 0.6) is 5.75 Å². The van der Waals surface area contributed by atoms with Crippen molar-refractivity contribution >= 4 is 29.0 Å². The van der Waals surface area contributed by atoms with Crippen LogP contribution in [0.1, 0.15) is 42.3 Å². The van der Waals surface area contributed by atoms with Crippen LogP contribution in [0.2, 0.25) is 10.0 Å². The van der Waals surface area contributed by atoms with Gasteiger partial charge in [0.05, 0.1) is 15.6 Å². The molecule has 0 fully saturated rings. The molecule has 0 aliphatic rings. The van der Waals surface area contributed by atoms with Crippen molar-refractivity contribution in [3.8, 4) is 5.75 Å². The molecule has 0 spiro atoms. The van der Waals surface area contributed by atoms with Gasteiger partial charge in [0, 0.05) is 5.56 Å². The summed E-state index contributed by atoms with van der Waals surface area (Å²) in [7, 11) is 0. The fraction of sp³-hybridized carbons (Fsp3) is 0.235. The standard InChI is InChI=1S/C17H16Cl2O2/c1-17(2,3)11-5-7-15(20)12(9-11)16(21)10-4-6-13(18)14(19)8-10/h4-9,20H,1-3H3. The van der Waals surface area contributed by atoms with Crippen LogP contribution in [-0.4, -0.2) is 10.9 Å². The number of hydrogen-bond donors (Lipinski definition) is 1. The third-order valence-corrected chi connectivity index (χ3v) is 4.03. The number of carbonyl (C=O) groups excluding carboxylic acids is 1. The van der Waals surface area contributed by atoms with Gasteiger partial charge in [-0.2, -0.15) is 0 Å². The highest BCUT2D eigenvalue weighted by Crippen LogP contribution is 2.30. The normalized spacial score (nSPS) is 11.5. The van der Waals surface area contributed by atoms with E-state index in [1.807, 2.05) is 26.8 Å². The fourth-order valence-corrected chi connectivity index (χ4v) is 2.28. The third-order valence-electron chi connectivity index (χ3n) is 3.29. The Balaban J connectivity index is 2.50. The summed E-state index contributed by atoms with van der Waals surface area (Å²) in [6, 6.07) is 9.77. The molecular formula is C17H16Cl2O2. The van der Waals surface area contributed by atoms with Gasteiger partial charge in [-0.1, -0.05) is 50.0 Å². The first kappa shape index (κ1) is 15.9. The van der Waals surface area contributed by atoms with E-state index < -0.39 is 0 Å². The summed E-state index contributed by atoms with van der Waals surface area (Å²) in [6.07, 6.45) is 0. The fourth-order valence-electron chi connectivity index (χ4n) is 1.98. The Hall–Kier alpha value is -1.51. The molecule has 0 aromatic heterocycles. The lowest BCUT2D eigenvalue weighted by atomic mass is 9.85. The van der Waals surface area contributed by atoms with Crippen LogP contribution in [0.4, 0.5) is 0 Å². The van der Waals surface area contributed by atoms with E-state index in [1.54, 1.807) is 24.3 Å². The van der Waals surface area contributed by atoms with Gasteiger partial charge in [0.1, 0.15) is 5.75 Å². The number of aromatic hydroxyl groups is 1. The van der Waals surface area contributed by atoms with Crippen LogP contribution in [0.3, 0.4) is 0 Å². The molecule has 0 radical (unpaired) electrons. The van der Waals surface area contributed by atoms with Crippen LogP contribution < -0.4 is 0 Å². The molecule has 0 saturated heterocycles. The summed E-state index contributed by atoms with van der Waals surface area (Å²) in [6.45, 7) is 6.15. The Morgan fingerprint density at radius 2 is 1.67 bits per heavy atom. The van der Waals surface area contributed by atoms with Crippen LogP contribution in [0, 0.1) is 0 Å². The molecule has 4 heteroatoms. The Morgan fingerprint density at radius 1 is 1.00 bits per heavy atom. The van der Waals surface area contributed by atoms with Crippen molar-refractivity contribution in [3.63, 3.8) is 0 Å². The van der Waals surface area contributed by atoms with E-state index in [1.165, 1.54) is 6.07 Å². The second kappa shape index (κ2) is 5.70. The summed E-state index contributed by atoms with van der Waals surface area (Å²) in [5, 5.41) is 10.7. The zero-order chi connectivity index (χ0) is 15.8. The van der Waals surface area contributed by atoms with Crippen LogP contribution in [-0.2, 0) is 5.41 Å². The molecule has 2 rings (SSSR count). The monoisotopic (exact) mass is 322 g/mol. The molecule has 0 aliphatic heterocycles. The Kier molecular flexibility index (Phi) is 4.31. The van der Waals surface area contributed by atoms with Gasteiger partial charge in [-0.15, -0.1) is 0 Å². The maximum atomic E-state index is 12.5. The maximum absolute atomic E-state index is 12.5. The lowest BCUT2D eigenvalue weighted by Gasteiger charge is -2.20. The molecule has 2 aromatic carbocycles. The van der Waals surface area contributed by atoms with Crippen molar-refractivity contribution in [1.82, 2.24) is 0 Å². The molecule has 0 atom stereocenters. The average Bonchev–Trinajstić information content (AvgIpc) is 2.40. The van der Waals surface area contributed by atoms with Crippen molar-refractivity contribution in [3.05, 3.63) is 63.1 Å². The number of carbonyl (C=O) groups is 1. The number of halogens is 2. The minimum absolute atomic E-state index is 0.0425. The minimum atomic E-state index is -0.280. The number of phenols is 1. The van der Waals surface area contributed by atoms with E-state index in [-0.39, 0.29) is 22.5 Å². The first-order valence-electron chi connectivity index (χ1n) is 6.53. The van der Waals surface area contributed by atoms with Crippen LogP contribution >= 0.6 is 23.2 Å². The molecule has 0 bridgehead atoms. The average molecular weight is 323 g/mol. The number of hydrogen-bond acceptors (Lipinski definition) is 2. The number of benzene rings is 2. The topological polar surface area (TPSA) is 37.3 Å². The van der Waals surface area contributed by atoms with Crippen LogP contribution in [0.15, 0.2) is 36.4 Å². The second-order valence-electron chi connectivity index (χ2n) is 5.94. The Morgan fingerprint density at radius 3 is 2.24 bits per heavy atom. The third kappa shape index (κ3) is 3.39. The minimum Gasteiger partial charge on any atom is -0.507 e. The predicted molar refractivity (Wildman–Crippen MR) is 86.7 cm³/mol. The van der Waals surface area contributed by atoms with Crippen molar-refractivity contribution in [2.45, 2.75) is 26.2 Å². The molecule has 1 N–H and O–H groups in total. The van der Waals surface area contributed by atoms with E-state index in [0.717, 1.165) is 5.56 Å². The van der Waals surface area contributed by atoms with Gasteiger partial charge in [-0.05, 0) is 41.3 Å². The molecule has 110 valence electrons. The zero-order valence-electron chi connectivity index (χ0n) is 12.1. The number of phenolic OH excluding ortho intramolecular Hbond substituents is 1. The van der Waals surface area contributed by atoms with E-state index in [4.69, 9.17) is 23.2 Å². The van der Waals surface area contributed by atoms with Crippen LogP contribution in [0.25, 0.3) is 0 Å². The van der Waals surface area contributed by atoms with Crippen molar-refractivity contribution < 1.29 is 9.90 Å². The van der Waals surface area contributed by atoms with Gasteiger partial charge in [0.2, 0.25) is 0 Å². The molecule has 2 nitrogen and oxygen atoms in total. The summed E-state index contributed by atoms with van der Waals surface area (Å²) < 4.78 is 0. The largest absolute Gasteiger partial charge is 0.507 e. The van der Waals surface area contributed by atoms with Gasteiger partial charge in [0.15, 0.2) is 5.78 Å². The lowest BCUT2D eigenvalue weighted by molar-refractivity contribution is 0.103. The van der Waals surface area contributed by atoms with Gasteiger partial charge < -0.3 is 5.11 Å². The van der Waals surface area contributed by atoms with Gasteiger partial charge in [-0.3, -0.25) is 4.79 Å². The molecule has 0 aliphatic carbocycles. The first-order valence-corrected chi connectivity index (χ1v) is 7.29. The lowest BCUT2D eigenvalue weighted by Crippen LogP contribution is -2.12. The summed E-state index contributed by atoms with van der Waals surface area (Å²) in [5.74, 6) is -0.323. The molecule has 0 amide bonds. The van der Waals surface area contributed by atoms with E-state index in [9.17, 15) is 9.90 Å². The molecular weight excluding hydrogens is 307 g/mol. The number of rotatable bonds is 2. The maximum Gasteiger partial charge on any atom is 0.196 e. The van der Waals surface area contributed by atoms with Crippen molar-refractivity contribution in [1.29, 1.82) is 0 Å². The summed E-state index contributed by atoms with van der Waals surface area (Å²) >= 11 is 11.8. The second-order valence-corrected chi connectivity index (χ2v) is 6.75. The predicted octanol–water partition coefficient (Wildman–Crippen LogP) is 5.23. The smallest absolute Gasteiger partial charge is 0.196 e. The van der Waals surface area contributed by atoms with Gasteiger partial charge >= 0.3 is 0 Å². The SMILES string of the molecule is CC(C)(C)c1ccc(O)c(C(=O)c2ccc(Cl)c(Cl)c2)c1. The molecule has 0 unspecified atom stereocenters. The van der Waals surface area contributed by atoms with Gasteiger partial charge in [0.25, 0.3) is 0 Å². The molecule has 0 saturated carbocycles. The highest BCUT2D eigenvalue weighted by molar-refractivity contribution is 6.42. The Labute approximate surface area is 134 Å². The highest BCUT2D eigenvalue weighted by atomic mass is 35.5. The quantitative estimate of drug-likeness (QED) is 0.769.